The third-order valence-electron chi connectivity index (χ3n) is 4.48. The van der Waals surface area contributed by atoms with Crippen LogP contribution in [0.2, 0.25) is 0 Å². The van der Waals surface area contributed by atoms with E-state index in [0.717, 1.165) is 11.4 Å². The lowest BCUT2D eigenvalue weighted by atomic mass is 9.51. The molecule has 2 heterocycles. The summed E-state index contributed by atoms with van der Waals surface area (Å²) in [6, 6.07) is -2.26. The highest BCUT2D eigenvalue weighted by atomic mass is 32.7. The van der Waals surface area contributed by atoms with Crippen LogP contribution in [-0.2, 0) is 32.6 Å². The standard InChI is InChI=1S/C14H23B3F2O7PS2/c1-21-6-10-12(14(18,19)13(15)25-10)26-27(20,29-4-3-28)23-7-9-8(22-2)5-11(17-16)24-9/h8-13,28H,3-7H2,1-2H3/t8?,9-,10-,11-,12?,13-,27?/m1/s1. The molecule has 2 saturated heterocycles. The summed E-state index contributed by atoms with van der Waals surface area (Å²) in [6.45, 7) is -4.46. The summed E-state index contributed by atoms with van der Waals surface area (Å²) in [5.74, 6) is -2.99. The molecule has 7 nitrogen and oxygen atoms in total. The average molecular weight is 469 g/mol. The molecule has 0 aromatic rings. The molecule has 0 bridgehead atoms. The van der Waals surface area contributed by atoms with Gasteiger partial charge in [-0.05, 0) is 23.6 Å². The molecule has 3 unspecified atom stereocenters. The Morgan fingerprint density at radius 1 is 1.31 bits per heavy atom. The molecule has 7 atom stereocenters. The third kappa shape index (κ3) is 6.62. The highest BCUT2D eigenvalue weighted by molar-refractivity contribution is 8.55. The number of alkyl halides is 2. The van der Waals surface area contributed by atoms with Crippen molar-refractivity contribution in [3.05, 3.63) is 0 Å². The summed E-state index contributed by atoms with van der Waals surface area (Å²) in [4.78, 5) is 0. The van der Waals surface area contributed by atoms with E-state index < -0.39 is 37.0 Å². The zero-order valence-corrected chi connectivity index (χ0v) is 18.8. The van der Waals surface area contributed by atoms with Crippen molar-refractivity contribution in [1.29, 1.82) is 0 Å². The molecular weight excluding hydrogens is 446 g/mol. The van der Waals surface area contributed by atoms with E-state index >= 15 is 0 Å². The zero-order chi connectivity index (χ0) is 21.7. The monoisotopic (exact) mass is 469 g/mol. The predicted octanol–water partition coefficient (Wildman–Crippen LogP) is 1.25. The predicted molar refractivity (Wildman–Crippen MR) is 112 cm³/mol. The van der Waals surface area contributed by atoms with Crippen molar-refractivity contribution in [2.75, 3.05) is 38.9 Å². The SMILES string of the molecule is [B][B][C@H]1CC(OC)[C@@H](COP(=O)(OC2[C@@H](COC)O[C@@H]([B])C2(F)F)SCCS)O1. The second-order valence-electron chi connectivity index (χ2n) is 6.47. The van der Waals surface area contributed by atoms with Crippen molar-refractivity contribution in [3.8, 4) is 0 Å². The molecule has 0 aromatic heterocycles. The normalized spacial score (nSPS) is 36.2. The van der Waals surface area contributed by atoms with E-state index in [4.69, 9.17) is 43.6 Å². The van der Waals surface area contributed by atoms with Crippen LogP contribution in [0.1, 0.15) is 6.42 Å². The minimum atomic E-state index is -4.05. The first-order chi connectivity index (χ1) is 13.7. The number of hydrogen-bond donors (Lipinski definition) is 1. The van der Waals surface area contributed by atoms with Crippen LogP contribution in [0.15, 0.2) is 0 Å². The maximum Gasteiger partial charge on any atom is 0.389 e. The molecule has 15 heteroatoms. The molecule has 2 aliphatic rings. The lowest BCUT2D eigenvalue weighted by Crippen LogP contribution is -2.42. The Morgan fingerprint density at radius 2 is 2.03 bits per heavy atom. The smallest absolute Gasteiger partial charge is 0.382 e. The third-order valence-corrected chi connectivity index (χ3v) is 8.73. The molecule has 0 N–H and O–H groups in total. The summed E-state index contributed by atoms with van der Waals surface area (Å²) in [5, 5.41) is 0. The summed E-state index contributed by atoms with van der Waals surface area (Å²) >= 11 is 4.83. The molecule has 0 amide bonds. The number of methoxy groups -OCH3 is 2. The van der Waals surface area contributed by atoms with Crippen LogP contribution in [0.3, 0.4) is 0 Å². The molecule has 29 heavy (non-hydrogen) atoms. The Hall–Kier alpha value is 0.745. The Kier molecular flexibility index (Phi) is 10.4. The van der Waals surface area contributed by atoms with E-state index in [1.807, 2.05) is 0 Å². The largest absolute Gasteiger partial charge is 0.389 e. The van der Waals surface area contributed by atoms with E-state index in [1.54, 1.807) is 0 Å². The molecule has 2 rings (SSSR count). The van der Waals surface area contributed by atoms with E-state index in [9.17, 15) is 13.3 Å². The van der Waals surface area contributed by atoms with Gasteiger partial charge < -0.3 is 18.9 Å². The summed E-state index contributed by atoms with van der Waals surface area (Å²) in [5.41, 5.74) is 0. The van der Waals surface area contributed by atoms with Gasteiger partial charge in [-0.3, -0.25) is 9.05 Å². The maximum absolute atomic E-state index is 14.5. The topological polar surface area (TPSA) is 72.5 Å². The van der Waals surface area contributed by atoms with Gasteiger partial charge in [-0.2, -0.15) is 12.6 Å². The van der Waals surface area contributed by atoms with E-state index in [1.165, 1.54) is 21.4 Å². The van der Waals surface area contributed by atoms with Gasteiger partial charge in [-0.1, -0.05) is 0 Å². The van der Waals surface area contributed by atoms with Gasteiger partial charge in [-0.15, -0.1) is 0 Å². The minimum absolute atomic E-state index is 0.195. The van der Waals surface area contributed by atoms with Crippen LogP contribution < -0.4 is 0 Å². The zero-order valence-electron chi connectivity index (χ0n) is 16.1. The highest BCUT2D eigenvalue weighted by Crippen LogP contribution is 2.63. The summed E-state index contributed by atoms with van der Waals surface area (Å²) in [6.07, 6.45) is -3.55. The number of ether oxygens (including phenoxy) is 4. The van der Waals surface area contributed by atoms with Crippen molar-refractivity contribution in [2.24, 2.45) is 0 Å². The number of thiol groups is 1. The van der Waals surface area contributed by atoms with Gasteiger partial charge in [0, 0.05) is 33.7 Å². The van der Waals surface area contributed by atoms with Crippen molar-refractivity contribution in [1.82, 2.24) is 0 Å². The number of rotatable bonds is 12. The van der Waals surface area contributed by atoms with Crippen molar-refractivity contribution in [2.45, 2.75) is 48.8 Å². The van der Waals surface area contributed by atoms with Crippen LogP contribution in [0, 0.1) is 0 Å². The van der Waals surface area contributed by atoms with Crippen LogP contribution in [-0.4, -0.2) is 104 Å². The molecule has 0 spiro atoms. The fraction of sp³-hybridized carbons (Fsp3) is 1.00. The van der Waals surface area contributed by atoms with Crippen LogP contribution in [0.25, 0.3) is 0 Å². The Morgan fingerprint density at radius 3 is 2.62 bits per heavy atom. The molecule has 5 radical (unpaired) electrons. The van der Waals surface area contributed by atoms with Gasteiger partial charge in [-0.25, -0.2) is 13.3 Å². The van der Waals surface area contributed by atoms with Gasteiger partial charge in [0.25, 0.3) is 5.92 Å². The Labute approximate surface area is 182 Å². The fourth-order valence-electron chi connectivity index (χ4n) is 3.01. The van der Waals surface area contributed by atoms with Crippen LogP contribution in [0.4, 0.5) is 8.78 Å². The Balaban J connectivity index is 2.11. The van der Waals surface area contributed by atoms with Crippen LogP contribution in [0.5, 0.6) is 0 Å². The van der Waals surface area contributed by atoms with Gasteiger partial charge >= 0.3 is 6.80 Å². The van der Waals surface area contributed by atoms with Crippen LogP contribution >= 0.6 is 30.8 Å². The second kappa shape index (κ2) is 11.6. The van der Waals surface area contributed by atoms with E-state index in [2.05, 4.69) is 12.6 Å². The lowest BCUT2D eigenvalue weighted by molar-refractivity contribution is -0.0860. The molecular formula is C14H23B3F2O7PS2. The maximum atomic E-state index is 14.5. The first-order valence-electron chi connectivity index (χ1n) is 8.90. The van der Waals surface area contributed by atoms with E-state index in [0.29, 0.717) is 12.2 Å². The Bertz CT molecular complexity index is 571. The molecule has 0 aliphatic carbocycles. The average Bonchev–Trinajstić information content (AvgIpc) is 3.19. The lowest BCUT2D eigenvalue weighted by Gasteiger charge is -2.28. The van der Waals surface area contributed by atoms with Crippen molar-refractivity contribution >= 4 is 53.6 Å². The molecule has 0 saturated carbocycles. The second-order valence-corrected chi connectivity index (χ2v) is 11.1. The van der Waals surface area contributed by atoms with Crippen molar-refractivity contribution in [3.63, 3.8) is 0 Å². The molecule has 161 valence electrons. The molecule has 0 aromatic carbocycles. The molecule has 2 aliphatic heterocycles. The van der Waals surface area contributed by atoms with E-state index in [-0.39, 0.29) is 31.1 Å². The number of hydrogen-bond acceptors (Lipinski definition) is 9. The quantitative estimate of drug-likeness (QED) is 0.261. The first kappa shape index (κ1) is 26.0. The molecule has 2 fully saturated rings. The van der Waals surface area contributed by atoms with Crippen molar-refractivity contribution < 1.29 is 41.3 Å². The minimum Gasteiger partial charge on any atom is -0.382 e. The summed E-state index contributed by atoms with van der Waals surface area (Å²) in [7, 11) is 15.1. The fourth-order valence-corrected chi connectivity index (χ4v) is 6.91. The highest BCUT2D eigenvalue weighted by Gasteiger charge is 2.59. The van der Waals surface area contributed by atoms with Gasteiger partial charge in [0.2, 0.25) is 0 Å². The van der Waals surface area contributed by atoms with Gasteiger partial charge in [0.15, 0.2) is 6.10 Å². The first-order valence-corrected chi connectivity index (χ1v) is 12.7. The summed E-state index contributed by atoms with van der Waals surface area (Å²) < 4.78 is 74.0. The van der Waals surface area contributed by atoms with Gasteiger partial charge in [0.1, 0.15) is 20.1 Å². The van der Waals surface area contributed by atoms with Gasteiger partial charge in [0.05, 0.1) is 32.5 Å². The number of halogens is 2.